The highest BCUT2D eigenvalue weighted by molar-refractivity contribution is 7.18. The van der Waals surface area contributed by atoms with Crippen LogP contribution in [0.3, 0.4) is 0 Å². The highest BCUT2D eigenvalue weighted by Gasteiger charge is 2.15. The zero-order chi connectivity index (χ0) is 27.6. The van der Waals surface area contributed by atoms with E-state index in [1.807, 2.05) is 11.3 Å². The Morgan fingerprint density at radius 1 is 0.610 bits per heavy atom. The predicted molar refractivity (Wildman–Crippen MR) is 174 cm³/mol. The fraction of sp³-hybridized carbons (Fsp3) is 0.108. The number of pyridine rings is 1. The quantitative estimate of drug-likeness (QED) is 0.187. The van der Waals surface area contributed by atoms with Crippen molar-refractivity contribution in [2.75, 3.05) is 4.90 Å². The van der Waals surface area contributed by atoms with Crippen LogP contribution < -0.4 is 9.47 Å². The Morgan fingerprint density at radius 2 is 1.22 bits per heavy atom. The number of anilines is 3. The van der Waals surface area contributed by atoms with Crippen LogP contribution in [-0.2, 0) is 6.54 Å². The van der Waals surface area contributed by atoms with E-state index in [0.29, 0.717) is 0 Å². The predicted octanol–water partition coefficient (Wildman–Crippen LogP) is 10.3. The standard InChI is InChI=1S/C37H31N3S/c1-2-3-22-39-23-20-27(21-24-39)36-18-19-37(41-36)28-14-16-32-33-17-15-31(26-35(33)38-34(32)25-28)40(29-10-6-4-7-11-29)30-12-8-5-9-13-30/h4-21,23-26H,2-3,22H2,1H3/p+1. The molecule has 0 amide bonds. The lowest BCUT2D eigenvalue weighted by atomic mass is 10.1. The first-order valence-corrected chi connectivity index (χ1v) is 15.1. The molecule has 7 aromatic rings. The van der Waals surface area contributed by atoms with Crippen molar-refractivity contribution in [1.82, 2.24) is 4.98 Å². The van der Waals surface area contributed by atoms with Crippen LogP contribution in [0.15, 0.2) is 134 Å². The van der Waals surface area contributed by atoms with Crippen molar-refractivity contribution >= 4 is 50.2 Å². The van der Waals surface area contributed by atoms with Gasteiger partial charge in [0.15, 0.2) is 12.4 Å². The number of nitrogens with one attached hydrogen (secondary N) is 1. The molecule has 0 unspecified atom stereocenters. The molecule has 0 aliphatic heterocycles. The number of benzene rings is 4. The van der Waals surface area contributed by atoms with Crippen molar-refractivity contribution in [3.63, 3.8) is 0 Å². The van der Waals surface area contributed by atoms with Gasteiger partial charge in [-0.1, -0.05) is 67.9 Å². The summed E-state index contributed by atoms with van der Waals surface area (Å²) >= 11 is 1.85. The summed E-state index contributed by atoms with van der Waals surface area (Å²) in [6, 6.07) is 43.6. The number of aromatic nitrogens is 2. The minimum Gasteiger partial charge on any atom is -0.354 e. The number of fused-ring (bicyclic) bond motifs is 3. The maximum atomic E-state index is 3.72. The average molecular weight is 551 g/mol. The molecule has 0 aliphatic rings. The molecule has 0 radical (unpaired) electrons. The minimum atomic E-state index is 1.08. The van der Waals surface area contributed by atoms with Gasteiger partial charge in [-0.15, -0.1) is 11.3 Å². The van der Waals surface area contributed by atoms with Crippen molar-refractivity contribution in [2.24, 2.45) is 0 Å². The van der Waals surface area contributed by atoms with E-state index in [4.69, 9.17) is 0 Å². The molecule has 0 spiro atoms. The maximum absolute atomic E-state index is 3.72. The number of aryl methyl sites for hydroxylation is 1. The Hall–Kier alpha value is -4.67. The van der Waals surface area contributed by atoms with Gasteiger partial charge in [0.05, 0.1) is 0 Å². The number of hydrogen-bond donors (Lipinski definition) is 1. The van der Waals surface area contributed by atoms with E-state index in [2.05, 4.69) is 155 Å². The van der Waals surface area contributed by atoms with Gasteiger partial charge >= 0.3 is 0 Å². The largest absolute Gasteiger partial charge is 0.354 e. The normalized spacial score (nSPS) is 11.3. The van der Waals surface area contributed by atoms with Gasteiger partial charge in [0, 0.05) is 72.7 Å². The zero-order valence-electron chi connectivity index (χ0n) is 23.1. The van der Waals surface area contributed by atoms with Gasteiger partial charge in [0.1, 0.15) is 6.54 Å². The van der Waals surface area contributed by atoms with Crippen LogP contribution in [0.4, 0.5) is 17.1 Å². The summed E-state index contributed by atoms with van der Waals surface area (Å²) in [5.74, 6) is 0. The Morgan fingerprint density at radius 3 is 1.88 bits per heavy atom. The topological polar surface area (TPSA) is 22.9 Å². The lowest BCUT2D eigenvalue weighted by Crippen LogP contribution is -2.32. The average Bonchev–Trinajstić information content (AvgIpc) is 3.66. The second-order valence-electron chi connectivity index (χ2n) is 10.5. The van der Waals surface area contributed by atoms with E-state index >= 15 is 0 Å². The van der Waals surface area contributed by atoms with Gasteiger partial charge in [-0.25, -0.2) is 4.57 Å². The van der Waals surface area contributed by atoms with E-state index in [0.717, 1.165) is 34.6 Å². The lowest BCUT2D eigenvalue weighted by Gasteiger charge is -2.25. The summed E-state index contributed by atoms with van der Waals surface area (Å²) in [6.07, 6.45) is 6.82. The van der Waals surface area contributed by atoms with E-state index in [1.165, 1.54) is 44.5 Å². The first kappa shape index (κ1) is 25.3. The summed E-state index contributed by atoms with van der Waals surface area (Å²) in [5.41, 5.74) is 8.22. The highest BCUT2D eigenvalue weighted by Crippen LogP contribution is 2.39. The molecule has 0 bridgehead atoms. The Bertz CT molecular complexity index is 1880. The molecule has 3 aromatic heterocycles. The molecule has 4 heteroatoms. The van der Waals surface area contributed by atoms with Gasteiger partial charge < -0.3 is 9.88 Å². The van der Waals surface area contributed by atoms with E-state index < -0.39 is 0 Å². The Labute approximate surface area is 245 Å². The summed E-state index contributed by atoms with van der Waals surface area (Å²) in [6.45, 7) is 3.31. The molecule has 0 fully saturated rings. The third kappa shape index (κ3) is 5.03. The van der Waals surface area contributed by atoms with Crippen LogP contribution in [0.1, 0.15) is 19.8 Å². The Kier molecular flexibility index (Phi) is 6.83. The van der Waals surface area contributed by atoms with Gasteiger partial charge in [0.2, 0.25) is 0 Å². The number of hydrogen-bond acceptors (Lipinski definition) is 2. The van der Waals surface area contributed by atoms with Crippen LogP contribution in [0.2, 0.25) is 0 Å². The third-order valence-electron chi connectivity index (χ3n) is 7.71. The fourth-order valence-electron chi connectivity index (χ4n) is 5.55. The molecule has 3 heterocycles. The summed E-state index contributed by atoms with van der Waals surface area (Å²) in [4.78, 5) is 8.60. The van der Waals surface area contributed by atoms with Crippen molar-refractivity contribution in [3.05, 3.63) is 134 Å². The number of H-pyrrole nitrogens is 1. The molecule has 4 aromatic carbocycles. The first-order chi connectivity index (χ1) is 20.3. The van der Waals surface area contributed by atoms with Gasteiger partial charge in [-0.2, -0.15) is 0 Å². The molecule has 1 N–H and O–H groups in total. The lowest BCUT2D eigenvalue weighted by molar-refractivity contribution is -0.697. The van der Waals surface area contributed by atoms with Crippen molar-refractivity contribution in [3.8, 4) is 20.9 Å². The maximum Gasteiger partial charge on any atom is 0.169 e. The molecule has 3 nitrogen and oxygen atoms in total. The third-order valence-corrected chi connectivity index (χ3v) is 8.89. The number of rotatable bonds is 8. The van der Waals surface area contributed by atoms with Crippen LogP contribution in [0.5, 0.6) is 0 Å². The SMILES string of the molecule is CCCC[n+]1ccc(-c2ccc(-c3ccc4c(c3)[nH]c3cc(N(c5ccccc5)c5ccccc5)ccc34)s2)cc1. The number of unbranched alkanes of at least 4 members (excludes halogenated alkanes) is 1. The molecule has 41 heavy (non-hydrogen) atoms. The monoisotopic (exact) mass is 550 g/mol. The molecule has 0 aliphatic carbocycles. The summed E-state index contributed by atoms with van der Waals surface area (Å²) < 4.78 is 2.27. The van der Waals surface area contributed by atoms with Gasteiger partial charge in [0.25, 0.3) is 0 Å². The Balaban J connectivity index is 1.22. The van der Waals surface area contributed by atoms with Gasteiger partial charge in [-0.05, 0) is 60.2 Å². The molecular formula is C37H32N3S+. The smallest absolute Gasteiger partial charge is 0.169 e. The number of thiophene rings is 1. The highest BCUT2D eigenvalue weighted by atomic mass is 32.1. The van der Waals surface area contributed by atoms with Crippen LogP contribution in [0.25, 0.3) is 42.7 Å². The first-order valence-electron chi connectivity index (χ1n) is 14.3. The molecule has 0 saturated carbocycles. The van der Waals surface area contributed by atoms with Crippen molar-refractivity contribution < 1.29 is 4.57 Å². The molecule has 7 rings (SSSR count). The fourth-order valence-corrected chi connectivity index (χ4v) is 6.56. The van der Waals surface area contributed by atoms with Gasteiger partial charge in [-0.3, -0.25) is 0 Å². The zero-order valence-corrected chi connectivity index (χ0v) is 23.9. The molecule has 200 valence electrons. The molecular weight excluding hydrogens is 518 g/mol. The minimum absolute atomic E-state index is 1.08. The second kappa shape index (κ2) is 11.1. The van der Waals surface area contributed by atoms with Crippen molar-refractivity contribution in [1.29, 1.82) is 0 Å². The number of aromatic amines is 1. The summed E-state index contributed by atoms with van der Waals surface area (Å²) in [7, 11) is 0. The molecule has 0 saturated heterocycles. The molecule has 0 atom stereocenters. The van der Waals surface area contributed by atoms with Crippen molar-refractivity contribution in [2.45, 2.75) is 26.3 Å². The van der Waals surface area contributed by atoms with Crippen LogP contribution in [-0.4, -0.2) is 4.98 Å². The van der Waals surface area contributed by atoms with Crippen LogP contribution >= 0.6 is 11.3 Å². The van der Waals surface area contributed by atoms with Crippen LogP contribution in [0, 0.1) is 0 Å². The van der Waals surface area contributed by atoms with E-state index in [-0.39, 0.29) is 0 Å². The summed E-state index contributed by atoms with van der Waals surface area (Å²) in [5, 5.41) is 2.49. The number of para-hydroxylation sites is 2. The number of nitrogens with zero attached hydrogens (tertiary/aromatic N) is 2. The van der Waals surface area contributed by atoms with E-state index in [1.54, 1.807) is 0 Å². The second-order valence-corrected chi connectivity index (χ2v) is 11.5. The van der Waals surface area contributed by atoms with E-state index in [9.17, 15) is 0 Å².